The van der Waals surface area contributed by atoms with Gasteiger partial charge in [-0.05, 0) is 56.1 Å². The second-order valence-corrected chi connectivity index (χ2v) is 7.08. The Bertz CT molecular complexity index is 954. The van der Waals surface area contributed by atoms with Crippen molar-refractivity contribution in [1.29, 1.82) is 0 Å². The largest absolute Gasteiger partial charge is 0.507 e. The Morgan fingerprint density at radius 3 is 2.48 bits per heavy atom. The molecule has 29 heavy (non-hydrogen) atoms. The normalized spacial score (nSPS) is 18.5. The number of rotatable bonds is 6. The number of aliphatic hydroxyl groups excluding tert-OH is 1. The van der Waals surface area contributed by atoms with E-state index in [0.29, 0.717) is 24.4 Å². The molecule has 6 nitrogen and oxygen atoms in total. The van der Waals surface area contributed by atoms with Gasteiger partial charge in [-0.15, -0.1) is 0 Å². The van der Waals surface area contributed by atoms with Gasteiger partial charge in [-0.3, -0.25) is 9.59 Å². The molecule has 0 aromatic heterocycles. The van der Waals surface area contributed by atoms with E-state index >= 15 is 0 Å². The molecule has 0 saturated carbocycles. The van der Waals surface area contributed by atoms with Crippen LogP contribution in [-0.4, -0.2) is 60.9 Å². The van der Waals surface area contributed by atoms with Crippen molar-refractivity contribution in [2.45, 2.75) is 6.04 Å². The third-order valence-corrected chi connectivity index (χ3v) is 4.86. The van der Waals surface area contributed by atoms with Gasteiger partial charge in [0.15, 0.2) is 0 Å². The van der Waals surface area contributed by atoms with E-state index in [9.17, 15) is 19.1 Å². The highest BCUT2D eigenvalue weighted by atomic mass is 19.1. The Hall–Kier alpha value is -3.19. The van der Waals surface area contributed by atoms with E-state index in [1.54, 1.807) is 24.3 Å². The highest BCUT2D eigenvalue weighted by Crippen LogP contribution is 2.40. The molecule has 7 heteroatoms. The molecule has 1 fully saturated rings. The van der Waals surface area contributed by atoms with Crippen LogP contribution in [0.3, 0.4) is 0 Å². The summed E-state index contributed by atoms with van der Waals surface area (Å²) in [5, 5.41) is 10.9. The first-order valence-corrected chi connectivity index (χ1v) is 9.16. The third kappa shape index (κ3) is 4.14. The average Bonchev–Trinajstić information content (AvgIpc) is 2.97. The predicted molar refractivity (Wildman–Crippen MR) is 107 cm³/mol. The smallest absolute Gasteiger partial charge is 0.295 e. The summed E-state index contributed by atoms with van der Waals surface area (Å²) in [6.45, 7) is 0.851. The number of aliphatic hydroxyl groups is 1. The Morgan fingerprint density at radius 1 is 1.17 bits per heavy atom. The Kier molecular flexibility index (Phi) is 5.98. The van der Waals surface area contributed by atoms with Gasteiger partial charge >= 0.3 is 0 Å². The summed E-state index contributed by atoms with van der Waals surface area (Å²) in [6.07, 6.45) is 0. The molecule has 0 aliphatic carbocycles. The topological polar surface area (TPSA) is 70.1 Å². The van der Waals surface area contributed by atoms with Crippen LogP contribution in [0, 0.1) is 5.82 Å². The lowest BCUT2D eigenvalue weighted by Gasteiger charge is -2.26. The summed E-state index contributed by atoms with van der Waals surface area (Å²) in [5.41, 5.74) is 0.893. The first-order valence-electron chi connectivity index (χ1n) is 9.16. The van der Waals surface area contributed by atoms with Gasteiger partial charge in [0.1, 0.15) is 17.3 Å². The second kappa shape index (κ2) is 8.45. The standard InChI is InChI=1S/C22H23FN2O4/c1-24(2)11-12-25-19(15-5-4-6-17(13-15)29-3)18(21(27)22(25)28)20(26)14-7-9-16(23)10-8-14/h4-10,13,19,26H,11-12H2,1-3H3/b20-18+/t19-/m1/s1. The fourth-order valence-electron chi connectivity index (χ4n) is 3.34. The van der Waals surface area contributed by atoms with Crippen LogP contribution in [0.15, 0.2) is 54.1 Å². The van der Waals surface area contributed by atoms with E-state index < -0.39 is 23.5 Å². The van der Waals surface area contributed by atoms with Crippen molar-refractivity contribution < 1.29 is 23.8 Å². The van der Waals surface area contributed by atoms with Crippen molar-refractivity contribution in [1.82, 2.24) is 9.80 Å². The van der Waals surface area contributed by atoms with Crippen LogP contribution in [0.1, 0.15) is 17.2 Å². The number of carbonyl (C=O) groups excluding carboxylic acids is 2. The quantitative estimate of drug-likeness (QED) is 0.460. The molecule has 152 valence electrons. The molecular formula is C22H23FN2O4. The van der Waals surface area contributed by atoms with Gasteiger partial charge in [-0.1, -0.05) is 12.1 Å². The highest BCUT2D eigenvalue weighted by molar-refractivity contribution is 6.46. The lowest BCUT2D eigenvalue weighted by Crippen LogP contribution is -2.35. The summed E-state index contributed by atoms with van der Waals surface area (Å²) >= 11 is 0. The van der Waals surface area contributed by atoms with Gasteiger partial charge in [-0.25, -0.2) is 4.39 Å². The number of hydrogen-bond donors (Lipinski definition) is 1. The Balaban J connectivity index is 2.15. The number of likely N-dealkylation sites (tertiary alicyclic amines) is 1. The fourth-order valence-corrected chi connectivity index (χ4v) is 3.34. The third-order valence-electron chi connectivity index (χ3n) is 4.86. The number of halogens is 1. The van der Waals surface area contributed by atoms with E-state index in [4.69, 9.17) is 4.74 Å². The van der Waals surface area contributed by atoms with E-state index in [2.05, 4.69) is 0 Å². The summed E-state index contributed by atoms with van der Waals surface area (Å²) in [5.74, 6) is -1.66. The first kappa shape index (κ1) is 20.5. The number of amides is 1. The fraction of sp³-hybridized carbons (Fsp3) is 0.273. The zero-order chi connectivity index (χ0) is 21.1. The van der Waals surface area contributed by atoms with Crippen molar-refractivity contribution in [3.05, 3.63) is 71.0 Å². The van der Waals surface area contributed by atoms with E-state index in [1.807, 2.05) is 19.0 Å². The molecule has 0 unspecified atom stereocenters. The van der Waals surface area contributed by atoms with Gasteiger partial charge in [0, 0.05) is 18.7 Å². The SMILES string of the molecule is COc1cccc([C@@H]2/C(=C(\O)c3ccc(F)cc3)C(=O)C(=O)N2CCN(C)C)c1. The highest BCUT2D eigenvalue weighted by Gasteiger charge is 2.46. The summed E-state index contributed by atoms with van der Waals surface area (Å²) in [4.78, 5) is 29.0. The Morgan fingerprint density at radius 2 is 1.86 bits per heavy atom. The van der Waals surface area contributed by atoms with Crippen LogP contribution in [0.4, 0.5) is 4.39 Å². The monoisotopic (exact) mass is 398 g/mol. The number of ketones is 1. The summed E-state index contributed by atoms with van der Waals surface area (Å²) in [7, 11) is 5.27. The molecule has 0 bridgehead atoms. The van der Waals surface area contributed by atoms with Gasteiger partial charge < -0.3 is 19.6 Å². The molecule has 2 aromatic carbocycles. The van der Waals surface area contributed by atoms with E-state index in [0.717, 1.165) is 0 Å². The van der Waals surface area contributed by atoms with Crippen molar-refractivity contribution in [2.24, 2.45) is 0 Å². The van der Waals surface area contributed by atoms with Crippen molar-refractivity contribution in [2.75, 3.05) is 34.3 Å². The second-order valence-electron chi connectivity index (χ2n) is 7.08. The number of methoxy groups -OCH3 is 1. The van der Waals surface area contributed by atoms with E-state index in [-0.39, 0.29) is 16.9 Å². The Labute approximate surface area is 168 Å². The molecule has 1 atom stereocenters. The van der Waals surface area contributed by atoms with Gasteiger partial charge in [0.2, 0.25) is 0 Å². The molecule has 1 saturated heterocycles. The van der Waals surface area contributed by atoms with Crippen LogP contribution in [0.5, 0.6) is 5.75 Å². The molecule has 1 N–H and O–H groups in total. The predicted octanol–water partition coefficient (Wildman–Crippen LogP) is 2.82. The van der Waals surface area contributed by atoms with Gasteiger partial charge in [-0.2, -0.15) is 0 Å². The molecule has 3 rings (SSSR count). The van der Waals surface area contributed by atoms with Crippen LogP contribution in [0.25, 0.3) is 5.76 Å². The zero-order valence-electron chi connectivity index (χ0n) is 16.6. The zero-order valence-corrected chi connectivity index (χ0v) is 16.6. The molecule has 1 amide bonds. The van der Waals surface area contributed by atoms with Crippen LogP contribution < -0.4 is 4.74 Å². The average molecular weight is 398 g/mol. The molecule has 2 aromatic rings. The molecular weight excluding hydrogens is 375 g/mol. The number of hydrogen-bond acceptors (Lipinski definition) is 5. The maximum absolute atomic E-state index is 13.3. The minimum absolute atomic E-state index is 0.0198. The molecule has 1 heterocycles. The minimum atomic E-state index is -0.768. The van der Waals surface area contributed by atoms with Gasteiger partial charge in [0.05, 0.1) is 18.7 Å². The van der Waals surface area contributed by atoms with Crippen LogP contribution in [-0.2, 0) is 9.59 Å². The van der Waals surface area contributed by atoms with Gasteiger partial charge in [0.25, 0.3) is 11.7 Å². The van der Waals surface area contributed by atoms with Crippen LogP contribution >= 0.6 is 0 Å². The lowest BCUT2D eigenvalue weighted by atomic mass is 9.95. The number of ether oxygens (including phenoxy) is 1. The molecule has 0 radical (unpaired) electrons. The van der Waals surface area contributed by atoms with Crippen molar-refractivity contribution in [3.63, 3.8) is 0 Å². The minimum Gasteiger partial charge on any atom is -0.507 e. The number of benzene rings is 2. The molecule has 0 spiro atoms. The van der Waals surface area contributed by atoms with E-state index in [1.165, 1.54) is 36.3 Å². The lowest BCUT2D eigenvalue weighted by molar-refractivity contribution is -0.140. The number of likely N-dealkylation sites (N-methyl/N-ethyl adjacent to an activating group) is 1. The summed E-state index contributed by atoms with van der Waals surface area (Å²) in [6, 6.07) is 11.4. The maximum atomic E-state index is 13.3. The maximum Gasteiger partial charge on any atom is 0.295 e. The number of nitrogens with zero attached hydrogens (tertiary/aromatic N) is 2. The first-order chi connectivity index (χ1) is 13.8. The summed E-state index contributed by atoms with van der Waals surface area (Å²) < 4.78 is 18.6. The molecule has 1 aliphatic heterocycles. The number of Topliss-reactive ketones (excluding diaryl/α,β-unsaturated/α-hetero) is 1. The number of carbonyl (C=O) groups is 2. The van der Waals surface area contributed by atoms with Crippen molar-refractivity contribution >= 4 is 17.4 Å². The van der Waals surface area contributed by atoms with Crippen molar-refractivity contribution in [3.8, 4) is 5.75 Å². The molecule has 1 aliphatic rings. The van der Waals surface area contributed by atoms with Crippen LogP contribution in [0.2, 0.25) is 0 Å².